The molecule has 0 spiro atoms. The Kier molecular flexibility index (Phi) is 4.00. The molecule has 2 rings (SSSR count). The second-order valence-corrected chi connectivity index (χ2v) is 5.04. The third kappa shape index (κ3) is 3.44. The normalized spacial score (nSPS) is 10.5. The Hall–Kier alpha value is -2.09. The van der Waals surface area contributed by atoms with Gasteiger partial charge < -0.3 is 5.32 Å². The SMILES string of the molecule is CC(=O)Nc1ccc(-c2ccc(C(C)C)cc2)cc1. The third-order valence-electron chi connectivity index (χ3n) is 3.12. The maximum Gasteiger partial charge on any atom is 0.221 e. The van der Waals surface area contributed by atoms with Crippen LogP contribution in [0.1, 0.15) is 32.3 Å². The molecule has 0 heterocycles. The minimum absolute atomic E-state index is 0.0472. The molecule has 0 aromatic heterocycles. The van der Waals surface area contributed by atoms with Gasteiger partial charge in [-0.25, -0.2) is 0 Å². The average molecular weight is 253 g/mol. The monoisotopic (exact) mass is 253 g/mol. The van der Waals surface area contributed by atoms with Crippen molar-refractivity contribution in [3.63, 3.8) is 0 Å². The van der Waals surface area contributed by atoms with Gasteiger partial charge in [-0.2, -0.15) is 0 Å². The van der Waals surface area contributed by atoms with Crippen LogP contribution < -0.4 is 5.32 Å². The molecule has 0 aliphatic rings. The molecule has 0 fully saturated rings. The van der Waals surface area contributed by atoms with E-state index in [9.17, 15) is 4.79 Å². The molecule has 0 aliphatic carbocycles. The highest BCUT2D eigenvalue weighted by molar-refractivity contribution is 5.88. The van der Waals surface area contributed by atoms with Gasteiger partial charge in [0.2, 0.25) is 5.91 Å². The van der Waals surface area contributed by atoms with Gasteiger partial charge in [-0.15, -0.1) is 0 Å². The number of carbonyl (C=O) groups excluding carboxylic acids is 1. The molecule has 0 bridgehead atoms. The van der Waals surface area contributed by atoms with Crippen molar-refractivity contribution in [1.29, 1.82) is 0 Å². The van der Waals surface area contributed by atoms with Gasteiger partial charge in [0.15, 0.2) is 0 Å². The van der Waals surface area contributed by atoms with Crippen molar-refractivity contribution < 1.29 is 4.79 Å². The van der Waals surface area contributed by atoms with E-state index in [1.54, 1.807) is 0 Å². The van der Waals surface area contributed by atoms with Crippen LogP contribution in [-0.2, 0) is 4.79 Å². The summed E-state index contributed by atoms with van der Waals surface area (Å²) < 4.78 is 0. The molecule has 0 aliphatic heterocycles. The van der Waals surface area contributed by atoms with Crippen LogP contribution in [0.5, 0.6) is 0 Å². The lowest BCUT2D eigenvalue weighted by Gasteiger charge is -2.08. The van der Waals surface area contributed by atoms with Gasteiger partial charge >= 0.3 is 0 Å². The highest BCUT2D eigenvalue weighted by Crippen LogP contribution is 2.24. The van der Waals surface area contributed by atoms with E-state index in [0.29, 0.717) is 5.92 Å². The first kappa shape index (κ1) is 13.3. The van der Waals surface area contributed by atoms with Crippen molar-refractivity contribution in [2.45, 2.75) is 26.7 Å². The van der Waals surface area contributed by atoms with Crippen LogP contribution >= 0.6 is 0 Å². The van der Waals surface area contributed by atoms with Gasteiger partial charge in [-0.1, -0.05) is 50.2 Å². The molecule has 1 amide bonds. The Bertz CT molecular complexity index is 553. The maximum atomic E-state index is 11.0. The summed E-state index contributed by atoms with van der Waals surface area (Å²) in [5.41, 5.74) is 4.52. The van der Waals surface area contributed by atoms with Crippen LogP contribution in [0.4, 0.5) is 5.69 Å². The molecule has 98 valence electrons. The molecular formula is C17H19NO. The van der Waals surface area contributed by atoms with Crippen LogP contribution in [-0.4, -0.2) is 5.91 Å². The van der Waals surface area contributed by atoms with Crippen molar-refractivity contribution in [3.05, 3.63) is 54.1 Å². The quantitative estimate of drug-likeness (QED) is 0.861. The molecule has 2 nitrogen and oxygen atoms in total. The first-order chi connectivity index (χ1) is 9.06. The lowest BCUT2D eigenvalue weighted by Crippen LogP contribution is -2.05. The minimum atomic E-state index is -0.0472. The number of rotatable bonds is 3. The molecule has 1 N–H and O–H groups in total. The lowest BCUT2D eigenvalue weighted by molar-refractivity contribution is -0.114. The van der Waals surface area contributed by atoms with E-state index in [1.165, 1.54) is 18.1 Å². The number of anilines is 1. The van der Waals surface area contributed by atoms with Gasteiger partial charge in [-0.3, -0.25) is 4.79 Å². The third-order valence-corrected chi connectivity index (χ3v) is 3.12. The van der Waals surface area contributed by atoms with Gasteiger partial charge in [0, 0.05) is 12.6 Å². The summed E-state index contributed by atoms with van der Waals surface area (Å²) >= 11 is 0. The molecule has 0 saturated heterocycles. The van der Waals surface area contributed by atoms with Gasteiger partial charge in [0.1, 0.15) is 0 Å². The van der Waals surface area contributed by atoms with E-state index in [-0.39, 0.29) is 5.91 Å². The fraction of sp³-hybridized carbons (Fsp3) is 0.235. The zero-order valence-electron chi connectivity index (χ0n) is 11.6. The number of hydrogen-bond acceptors (Lipinski definition) is 1. The number of hydrogen-bond donors (Lipinski definition) is 1. The number of nitrogens with one attached hydrogen (secondary N) is 1. The Morgan fingerprint density at radius 2 is 1.37 bits per heavy atom. The summed E-state index contributed by atoms with van der Waals surface area (Å²) in [6, 6.07) is 16.5. The predicted molar refractivity (Wildman–Crippen MR) is 80.3 cm³/mol. The summed E-state index contributed by atoms with van der Waals surface area (Å²) in [6.45, 7) is 5.90. The second-order valence-electron chi connectivity index (χ2n) is 5.04. The summed E-state index contributed by atoms with van der Waals surface area (Å²) in [7, 11) is 0. The fourth-order valence-corrected chi connectivity index (χ4v) is 2.01. The molecule has 19 heavy (non-hydrogen) atoms. The smallest absolute Gasteiger partial charge is 0.221 e. The van der Waals surface area contributed by atoms with Crippen LogP contribution in [0.3, 0.4) is 0 Å². The van der Waals surface area contributed by atoms with E-state index in [0.717, 1.165) is 11.3 Å². The predicted octanol–water partition coefficient (Wildman–Crippen LogP) is 4.44. The van der Waals surface area contributed by atoms with Crippen LogP contribution in [0.2, 0.25) is 0 Å². The molecule has 2 aromatic rings. The maximum absolute atomic E-state index is 11.0. The van der Waals surface area contributed by atoms with Crippen molar-refractivity contribution in [2.24, 2.45) is 0 Å². The van der Waals surface area contributed by atoms with Gasteiger partial charge in [-0.05, 0) is 34.7 Å². The summed E-state index contributed by atoms with van der Waals surface area (Å²) in [5, 5.41) is 2.77. The zero-order valence-corrected chi connectivity index (χ0v) is 11.6. The second kappa shape index (κ2) is 5.70. The molecular weight excluding hydrogens is 234 g/mol. The highest BCUT2D eigenvalue weighted by atomic mass is 16.1. The van der Waals surface area contributed by atoms with Crippen molar-refractivity contribution in [2.75, 3.05) is 5.32 Å². The standard InChI is InChI=1S/C17H19NO/c1-12(2)14-4-6-15(7-5-14)16-8-10-17(11-9-16)18-13(3)19/h4-12H,1-3H3,(H,18,19). The Morgan fingerprint density at radius 1 is 0.895 bits per heavy atom. The fourth-order valence-electron chi connectivity index (χ4n) is 2.01. The van der Waals surface area contributed by atoms with E-state index in [1.807, 2.05) is 24.3 Å². The molecule has 0 unspecified atom stereocenters. The zero-order chi connectivity index (χ0) is 13.8. The Labute approximate surface area is 114 Å². The van der Waals surface area contributed by atoms with Crippen molar-refractivity contribution in [1.82, 2.24) is 0 Å². The lowest BCUT2D eigenvalue weighted by atomic mass is 9.99. The first-order valence-electron chi connectivity index (χ1n) is 6.54. The summed E-state index contributed by atoms with van der Waals surface area (Å²) in [5.74, 6) is 0.505. The Morgan fingerprint density at radius 3 is 1.79 bits per heavy atom. The van der Waals surface area contributed by atoms with Crippen molar-refractivity contribution in [3.8, 4) is 11.1 Å². The summed E-state index contributed by atoms with van der Waals surface area (Å²) in [6.07, 6.45) is 0. The number of benzene rings is 2. The molecule has 2 aromatic carbocycles. The van der Waals surface area contributed by atoms with Crippen molar-refractivity contribution >= 4 is 11.6 Å². The average Bonchev–Trinajstić information content (AvgIpc) is 2.39. The van der Waals surface area contributed by atoms with Gasteiger partial charge in [0.25, 0.3) is 0 Å². The molecule has 0 radical (unpaired) electrons. The summed E-state index contributed by atoms with van der Waals surface area (Å²) in [4.78, 5) is 11.0. The van der Waals surface area contributed by atoms with Crippen LogP contribution in [0, 0.1) is 0 Å². The minimum Gasteiger partial charge on any atom is -0.326 e. The largest absolute Gasteiger partial charge is 0.326 e. The van der Waals surface area contributed by atoms with Crippen LogP contribution in [0.15, 0.2) is 48.5 Å². The van der Waals surface area contributed by atoms with Crippen LogP contribution in [0.25, 0.3) is 11.1 Å². The molecule has 2 heteroatoms. The highest BCUT2D eigenvalue weighted by Gasteiger charge is 2.01. The van der Waals surface area contributed by atoms with E-state index in [4.69, 9.17) is 0 Å². The van der Waals surface area contributed by atoms with E-state index in [2.05, 4.69) is 43.4 Å². The number of amides is 1. The molecule has 0 saturated carbocycles. The Balaban J connectivity index is 2.19. The van der Waals surface area contributed by atoms with Gasteiger partial charge in [0.05, 0.1) is 0 Å². The van der Waals surface area contributed by atoms with E-state index >= 15 is 0 Å². The molecule has 0 atom stereocenters. The number of carbonyl (C=O) groups is 1. The van der Waals surface area contributed by atoms with E-state index < -0.39 is 0 Å². The topological polar surface area (TPSA) is 29.1 Å². The first-order valence-corrected chi connectivity index (χ1v) is 6.54.